The number of aromatic nitrogens is 1. The summed E-state index contributed by atoms with van der Waals surface area (Å²) in [6.45, 7) is 2.19. The molecule has 1 unspecified atom stereocenters. The Hall–Kier alpha value is -1.78. The monoisotopic (exact) mass is 467 g/mol. The Morgan fingerprint density at radius 1 is 1.28 bits per heavy atom. The van der Waals surface area contributed by atoms with Crippen molar-refractivity contribution in [2.45, 2.75) is 30.0 Å². The number of rotatable bonds is 5. The van der Waals surface area contributed by atoms with Gasteiger partial charge in [0.05, 0.1) is 5.69 Å². The molecule has 0 spiro atoms. The number of sulfonamides is 1. The predicted molar refractivity (Wildman–Crippen MR) is 117 cm³/mol. The average Bonchev–Trinajstić information content (AvgIpc) is 3.42. The van der Waals surface area contributed by atoms with Crippen LogP contribution in [0.5, 0.6) is 0 Å². The van der Waals surface area contributed by atoms with Crippen LogP contribution in [-0.2, 0) is 14.8 Å². The van der Waals surface area contributed by atoms with Crippen LogP contribution in [0.3, 0.4) is 0 Å². The molecule has 1 fully saturated rings. The van der Waals surface area contributed by atoms with Crippen LogP contribution in [0.2, 0.25) is 5.02 Å². The van der Waals surface area contributed by atoms with Crippen LogP contribution >= 0.6 is 34.3 Å². The first-order valence-corrected chi connectivity index (χ1v) is 12.5. The van der Waals surface area contributed by atoms with E-state index >= 15 is 0 Å². The number of anilines is 1. The van der Waals surface area contributed by atoms with Gasteiger partial charge in [-0.3, -0.25) is 4.79 Å². The molecule has 4 rings (SSSR count). The van der Waals surface area contributed by atoms with Gasteiger partial charge in [0.2, 0.25) is 5.91 Å². The van der Waals surface area contributed by atoms with Gasteiger partial charge in [-0.1, -0.05) is 29.8 Å². The molecule has 10 heteroatoms. The fourth-order valence-electron chi connectivity index (χ4n) is 3.27. The highest BCUT2D eigenvalue weighted by Crippen LogP contribution is 2.32. The molecule has 1 aliphatic rings. The Labute approximate surface area is 182 Å². The van der Waals surface area contributed by atoms with Crippen molar-refractivity contribution in [2.24, 2.45) is 0 Å². The highest BCUT2D eigenvalue weighted by molar-refractivity contribution is 7.91. The molecule has 1 aromatic carbocycles. The standard InChI is InChI=1S/C19H18ClN3O3S3/c1-12-8-9-17(28-12)29(25,26)23-10-4-7-16(23)18(24)22-19-21-15(11-27-19)13-5-2-3-6-14(13)20/h2-3,5-6,8-9,11,16H,4,7,10H2,1H3,(H,21,22,24). The molecule has 152 valence electrons. The third kappa shape index (κ3) is 4.10. The summed E-state index contributed by atoms with van der Waals surface area (Å²) in [6.07, 6.45) is 1.13. The quantitative estimate of drug-likeness (QED) is 0.593. The molecular formula is C19H18ClN3O3S3. The van der Waals surface area contributed by atoms with Gasteiger partial charge in [0.1, 0.15) is 10.3 Å². The highest BCUT2D eigenvalue weighted by atomic mass is 35.5. The van der Waals surface area contributed by atoms with Gasteiger partial charge in [-0.05, 0) is 38.0 Å². The maximum Gasteiger partial charge on any atom is 0.253 e. The Morgan fingerprint density at radius 3 is 2.79 bits per heavy atom. The number of carbonyl (C=O) groups is 1. The lowest BCUT2D eigenvalue weighted by molar-refractivity contribution is -0.119. The molecule has 1 atom stereocenters. The number of halogens is 1. The molecule has 1 amide bonds. The minimum atomic E-state index is -3.69. The Bertz CT molecular complexity index is 1160. The Kier molecular flexibility index (Phi) is 5.76. The lowest BCUT2D eigenvalue weighted by Gasteiger charge is -2.22. The van der Waals surface area contributed by atoms with Crippen LogP contribution < -0.4 is 5.32 Å². The molecule has 1 N–H and O–H groups in total. The van der Waals surface area contributed by atoms with Crippen LogP contribution in [0.4, 0.5) is 5.13 Å². The molecule has 1 saturated heterocycles. The van der Waals surface area contributed by atoms with Crippen molar-refractivity contribution in [3.8, 4) is 11.3 Å². The second kappa shape index (κ2) is 8.16. The van der Waals surface area contributed by atoms with Crippen molar-refractivity contribution in [2.75, 3.05) is 11.9 Å². The molecule has 6 nitrogen and oxygen atoms in total. The van der Waals surface area contributed by atoms with Crippen LogP contribution in [0.25, 0.3) is 11.3 Å². The van der Waals surface area contributed by atoms with Crippen molar-refractivity contribution in [1.29, 1.82) is 0 Å². The summed E-state index contributed by atoms with van der Waals surface area (Å²) in [6, 6.07) is 9.97. The van der Waals surface area contributed by atoms with Gasteiger partial charge in [0.15, 0.2) is 5.13 Å². The van der Waals surface area contributed by atoms with E-state index in [1.54, 1.807) is 18.2 Å². The summed E-state index contributed by atoms with van der Waals surface area (Å²) in [5.74, 6) is -0.362. The number of nitrogens with zero attached hydrogens (tertiary/aromatic N) is 2. The molecule has 0 bridgehead atoms. The van der Waals surface area contributed by atoms with E-state index in [9.17, 15) is 13.2 Å². The first kappa shape index (κ1) is 20.5. The molecule has 3 heterocycles. The van der Waals surface area contributed by atoms with Crippen molar-refractivity contribution >= 4 is 55.3 Å². The van der Waals surface area contributed by atoms with Gasteiger partial charge in [0.25, 0.3) is 10.0 Å². The van der Waals surface area contributed by atoms with E-state index in [0.29, 0.717) is 35.2 Å². The third-order valence-corrected chi connectivity index (χ3v) is 9.13. The maximum atomic E-state index is 13.0. The maximum absolute atomic E-state index is 13.0. The van der Waals surface area contributed by atoms with E-state index in [1.807, 2.05) is 30.5 Å². The molecule has 3 aromatic rings. The zero-order valence-corrected chi connectivity index (χ0v) is 18.7. The summed E-state index contributed by atoms with van der Waals surface area (Å²) >= 11 is 8.71. The first-order valence-electron chi connectivity index (χ1n) is 8.96. The van der Waals surface area contributed by atoms with Gasteiger partial charge < -0.3 is 5.32 Å². The number of hydrogen-bond acceptors (Lipinski definition) is 6. The molecule has 0 aliphatic carbocycles. The number of thiazole rings is 1. The first-order chi connectivity index (χ1) is 13.9. The smallest absolute Gasteiger partial charge is 0.253 e. The summed E-state index contributed by atoms with van der Waals surface area (Å²) in [5.41, 5.74) is 1.45. The van der Waals surface area contributed by atoms with E-state index < -0.39 is 16.1 Å². The molecule has 0 radical (unpaired) electrons. The summed E-state index contributed by atoms with van der Waals surface area (Å²) < 4.78 is 27.5. The minimum absolute atomic E-state index is 0.268. The zero-order chi connectivity index (χ0) is 20.6. The Balaban J connectivity index is 1.52. The number of benzene rings is 1. The Morgan fingerprint density at radius 2 is 2.07 bits per heavy atom. The van der Waals surface area contributed by atoms with Crippen molar-refractivity contribution in [1.82, 2.24) is 9.29 Å². The van der Waals surface area contributed by atoms with Crippen LogP contribution in [0.1, 0.15) is 17.7 Å². The number of hydrogen-bond donors (Lipinski definition) is 1. The minimum Gasteiger partial charge on any atom is -0.301 e. The van der Waals surface area contributed by atoms with E-state index in [2.05, 4.69) is 10.3 Å². The average molecular weight is 468 g/mol. The molecule has 2 aromatic heterocycles. The van der Waals surface area contributed by atoms with Gasteiger partial charge in [-0.15, -0.1) is 22.7 Å². The molecular weight excluding hydrogens is 450 g/mol. The van der Waals surface area contributed by atoms with Crippen molar-refractivity contribution in [3.63, 3.8) is 0 Å². The fraction of sp³-hybridized carbons (Fsp3) is 0.263. The summed E-state index contributed by atoms with van der Waals surface area (Å²) in [7, 11) is -3.69. The lowest BCUT2D eigenvalue weighted by atomic mass is 10.2. The normalized spacial score (nSPS) is 17.5. The van der Waals surface area contributed by atoms with Gasteiger partial charge >= 0.3 is 0 Å². The van der Waals surface area contributed by atoms with Crippen molar-refractivity contribution < 1.29 is 13.2 Å². The SMILES string of the molecule is Cc1ccc(S(=O)(=O)N2CCCC2C(=O)Nc2nc(-c3ccccc3Cl)cs2)s1. The van der Waals surface area contributed by atoms with Crippen LogP contribution in [0, 0.1) is 6.92 Å². The van der Waals surface area contributed by atoms with Crippen molar-refractivity contribution in [3.05, 3.63) is 51.7 Å². The zero-order valence-electron chi connectivity index (χ0n) is 15.5. The number of thiophene rings is 1. The second-order valence-electron chi connectivity index (χ2n) is 6.65. The number of carbonyl (C=O) groups excluding carboxylic acids is 1. The fourth-order valence-corrected chi connectivity index (χ4v) is 7.28. The van der Waals surface area contributed by atoms with E-state index in [1.165, 1.54) is 27.0 Å². The topological polar surface area (TPSA) is 79.4 Å². The third-order valence-electron chi connectivity index (χ3n) is 4.67. The largest absolute Gasteiger partial charge is 0.301 e. The molecule has 1 aliphatic heterocycles. The van der Waals surface area contributed by atoms with Crippen LogP contribution in [-0.4, -0.2) is 36.2 Å². The van der Waals surface area contributed by atoms with Gasteiger partial charge in [0, 0.05) is 27.4 Å². The summed E-state index contributed by atoms with van der Waals surface area (Å²) in [4.78, 5) is 18.2. The highest BCUT2D eigenvalue weighted by Gasteiger charge is 2.40. The lowest BCUT2D eigenvalue weighted by Crippen LogP contribution is -2.42. The number of aryl methyl sites for hydroxylation is 1. The predicted octanol–water partition coefficient (Wildman–Crippen LogP) is 4.63. The molecule has 29 heavy (non-hydrogen) atoms. The number of nitrogens with one attached hydrogen (secondary N) is 1. The summed E-state index contributed by atoms with van der Waals surface area (Å²) in [5, 5.41) is 5.59. The van der Waals surface area contributed by atoms with Crippen LogP contribution in [0.15, 0.2) is 46.0 Å². The van der Waals surface area contributed by atoms with E-state index in [4.69, 9.17) is 11.6 Å². The van der Waals surface area contributed by atoms with Gasteiger partial charge in [-0.2, -0.15) is 4.31 Å². The second-order valence-corrected chi connectivity index (χ2v) is 11.3. The van der Waals surface area contributed by atoms with E-state index in [-0.39, 0.29) is 10.1 Å². The molecule has 0 saturated carbocycles. The number of amides is 1. The van der Waals surface area contributed by atoms with Gasteiger partial charge in [-0.25, -0.2) is 13.4 Å². The van der Waals surface area contributed by atoms with E-state index in [0.717, 1.165) is 10.4 Å².